The molecule has 7 N–H and O–H groups in total. The van der Waals surface area contributed by atoms with Crippen LogP contribution in [0.3, 0.4) is 0 Å². The van der Waals surface area contributed by atoms with Crippen molar-refractivity contribution in [2.75, 3.05) is 25.7 Å². The molecule has 0 aliphatic rings. The van der Waals surface area contributed by atoms with E-state index in [4.69, 9.17) is 20.9 Å². The minimum Gasteiger partial charge on any atom is -0.494 e. The maximum atomic E-state index is 12.8. The van der Waals surface area contributed by atoms with Crippen LogP contribution in [0.25, 0.3) is 33.2 Å². The van der Waals surface area contributed by atoms with Gasteiger partial charge >= 0.3 is 0 Å². The van der Waals surface area contributed by atoms with E-state index in [-0.39, 0.29) is 42.3 Å². The third-order valence-electron chi connectivity index (χ3n) is 8.13. The van der Waals surface area contributed by atoms with Crippen LogP contribution < -0.4 is 31.6 Å². The number of nitrogens with zero attached hydrogens (tertiary/aromatic N) is 7. The van der Waals surface area contributed by atoms with E-state index in [9.17, 15) is 14.7 Å². The van der Waals surface area contributed by atoms with Gasteiger partial charge in [-0.25, -0.2) is 24.9 Å². The molecule has 7 aromatic rings. The number of hydrogen-bond donors (Lipinski definition) is 5. The van der Waals surface area contributed by atoms with Crippen molar-refractivity contribution in [3.63, 3.8) is 0 Å². The largest absolute Gasteiger partial charge is 0.494 e. The van der Waals surface area contributed by atoms with Gasteiger partial charge in [-0.2, -0.15) is 0 Å². The van der Waals surface area contributed by atoms with Crippen molar-refractivity contribution in [3.8, 4) is 22.9 Å². The molecular formula is C41H43N11O5. The molecule has 2 aromatic carbocycles. The van der Waals surface area contributed by atoms with Gasteiger partial charge in [-0.3, -0.25) is 19.6 Å². The lowest BCUT2D eigenvalue weighted by Gasteiger charge is -2.10. The van der Waals surface area contributed by atoms with E-state index in [1.165, 1.54) is 14.2 Å². The number of nitrogen functional groups attached to an aromatic ring is 2. The van der Waals surface area contributed by atoms with Crippen molar-refractivity contribution in [1.29, 1.82) is 0 Å². The summed E-state index contributed by atoms with van der Waals surface area (Å²) in [5, 5.41) is 16.3. The summed E-state index contributed by atoms with van der Waals surface area (Å²) >= 11 is 0. The summed E-state index contributed by atoms with van der Waals surface area (Å²) in [5.74, 6) is 0.250. The quantitative estimate of drug-likeness (QED) is 0.120. The fourth-order valence-electron chi connectivity index (χ4n) is 5.54. The van der Waals surface area contributed by atoms with Gasteiger partial charge in [-0.1, -0.05) is 56.3 Å². The van der Waals surface area contributed by atoms with E-state index in [0.717, 1.165) is 11.4 Å². The number of para-hydroxylation sites is 2. The minimum atomic E-state index is -0.677. The Bertz CT molecular complexity index is 2480. The first-order chi connectivity index (χ1) is 27.6. The third-order valence-corrected chi connectivity index (χ3v) is 8.13. The molecule has 0 aliphatic carbocycles. The number of rotatable bonds is 10. The molecular weight excluding hydrogens is 727 g/mol. The Kier molecular flexibility index (Phi) is 13.8. The number of anilines is 2. The summed E-state index contributed by atoms with van der Waals surface area (Å²) in [4.78, 5) is 55.1. The highest BCUT2D eigenvalue weighted by Crippen LogP contribution is 2.27. The van der Waals surface area contributed by atoms with E-state index in [2.05, 4.69) is 45.5 Å². The number of nitrogens with two attached hydrogens (primary N) is 2. The number of fused-ring (bicyclic) bond motifs is 2. The number of aliphatic hydroxyl groups excluding tert-OH is 1. The summed E-state index contributed by atoms with van der Waals surface area (Å²) in [6, 6.07) is 27.0. The SMILES string of the molecule is CC.COc1cccc2c(C(=O)NCc3cccc(-c4ccccn4)n3)nc(N)nc12.COc1cccc2c(C(=O)NCc3cccc(C(C)O)n3)nc(N)nc12. The monoisotopic (exact) mass is 769 g/mol. The topological polar surface area (TPSA) is 239 Å². The fourth-order valence-corrected chi connectivity index (χ4v) is 5.54. The zero-order valence-corrected chi connectivity index (χ0v) is 32.1. The molecule has 57 heavy (non-hydrogen) atoms. The van der Waals surface area contributed by atoms with Gasteiger partial charge in [0.2, 0.25) is 11.9 Å². The Morgan fingerprint density at radius 2 is 1.12 bits per heavy atom. The zero-order valence-electron chi connectivity index (χ0n) is 32.1. The Hall–Kier alpha value is -7.33. The highest BCUT2D eigenvalue weighted by molar-refractivity contribution is 6.06. The van der Waals surface area contributed by atoms with Gasteiger partial charge in [0.15, 0.2) is 0 Å². The van der Waals surface area contributed by atoms with Gasteiger partial charge < -0.3 is 36.7 Å². The van der Waals surface area contributed by atoms with Crippen molar-refractivity contribution in [2.24, 2.45) is 0 Å². The molecule has 5 heterocycles. The molecule has 2 amide bonds. The lowest BCUT2D eigenvalue weighted by molar-refractivity contribution is 0.0939. The predicted molar refractivity (Wildman–Crippen MR) is 217 cm³/mol. The smallest absolute Gasteiger partial charge is 0.271 e. The summed E-state index contributed by atoms with van der Waals surface area (Å²) in [5.41, 5.74) is 16.2. The Balaban J connectivity index is 0.000000210. The van der Waals surface area contributed by atoms with Crippen LogP contribution in [0.4, 0.5) is 11.9 Å². The van der Waals surface area contributed by atoms with E-state index in [1.54, 1.807) is 67.7 Å². The Morgan fingerprint density at radius 1 is 0.632 bits per heavy atom. The number of nitrogens with one attached hydrogen (secondary N) is 2. The average molecular weight is 770 g/mol. The molecule has 16 heteroatoms. The third kappa shape index (κ3) is 10.1. The van der Waals surface area contributed by atoms with Gasteiger partial charge in [0.05, 0.1) is 61.9 Å². The number of benzene rings is 2. The van der Waals surface area contributed by atoms with Gasteiger partial charge in [-0.15, -0.1) is 0 Å². The van der Waals surface area contributed by atoms with Crippen molar-refractivity contribution in [2.45, 2.75) is 40.0 Å². The highest BCUT2D eigenvalue weighted by Gasteiger charge is 2.18. The van der Waals surface area contributed by atoms with Crippen LogP contribution in [-0.4, -0.2) is 66.0 Å². The maximum Gasteiger partial charge on any atom is 0.271 e. The molecule has 0 saturated carbocycles. The number of hydrogen-bond acceptors (Lipinski definition) is 14. The molecule has 0 radical (unpaired) electrons. The van der Waals surface area contributed by atoms with E-state index < -0.39 is 12.0 Å². The van der Waals surface area contributed by atoms with Gasteiger partial charge in [0.25, 0.3) is 11.8 Å². The lowest BCUT2D eigenvalue weighted by Crippen LogP contribution is -2.25. The minimum absolute atomic E-state index is 0.00224. The second-order valence-corrected chi connectivity index (χ2v) is 11.9. The number of aromatic nitrogens is 7. The van der Waals surface area contributed by atoms with Crippen LogP contribution in [0, 0.1) is 0 Å². The van der Waals surface area contributed by atoms with Crippen molar-refractivity contribution in [3.05, 3.63) is 126 Å². The predicted octanol–water partition coefficient (Wildman–Crippen LogP) is 5.23. The number of amides is 2. The number of carbonyl (C=O) groups is 2. The standard InChI is InChI=1S/C21H18N6O2.C18H19N5O3.C2H6/c1-29-17-10-5-7-14-18(17)26-21(22)27-19(14)20(28)24-12-13-6-4-9-16(25-13)15-8-2-3-11-23-15;1-10(24)13-7-3-5-11(21-13)9-20-17(25)16-12-6-4-8-14(26-2)15(12)22-18(19)23-16;1-2/h2-11H,12H2,1H3,(H,24,28)(H2,22,26,27);3-8,10,24H,9H2,1-2H3,(H,20,25)(H2,19,22,23);1-2H3. The van der Waals surface area contributed by atoms with Crippen LogP contribution in [-0.2, 0) is 13.1 Å². The van der Waals surface area contributed by atoms with Crippen LogP contribution in [0.5, 0.6) is 11.5 Å². The van der Waals surface area contributed by atoms with Crippen LogP contribution in [0.15, 0.2) is 97.2 Å². The molecule has 0 saturated heterocycles. The molecule has 292 valence electrons. The second kappa shape index (κ2) is 19.3. The molecule has 7 rings (SSSR count). The molecule has 1 atom stereocenters. The molecule has 16 nitrogen and oxygen atoms in total. The maximum absolute atomic E-state index is 12.8. The first-order valence-corrected chi connectivity index (χ1v) is 17.9. The molecule has 0 bridgehead atoms. The van der Waals surface area contributed by atoms with Crippen molar-refractivity contribution >= 4 is 45.5 Å². The number of methoxy groups -OCH3 is 2. The molecule has 0 spiro atoms. The summed E-state index contributed by atoms with van der Waals surface area (Å²) in [7, 11) is 3.06. The number of carbonyl (C=O) groups excluding carboxylic acids is 2. The first-order valence-electron chi connectivity index (χ1n) is 17.9. The molecule has 5 aromatic heterocycles. The number of pyridine rings is 3. The zero-order chi connectivity index (χ0) is 40.9. The Labute approximate surface area is 328 Å². The van der Waals surface area contributed by atoms with Gasteiger partial charge in [-0.05, 0) is 55.5 Å². The van der Waals surface area contributed by atoms with Crippen LogP contribution >= 0.6 is 0 Å². The first kappa shape index (κ1) is 40.8. The summed E-state index contributed by atoms with van der Waals surface area (Å²) < 4.78 is 10.6. The van der Waals surface area contributed by atoms with Gasteiger partial charge in [0, 0.05) is 17.0 Å². The molecule has 1 unspecified atom stereocenters. The molecule has 0 aliphatic heterocycles. The average Bonchev–Trinajstić information content (AvgIpc) is 3.25. The van der Waals surface area contributed by atoms with E-state index in [0.29, 0.717) is 50.4 Å². The fraction of sp³-hybridized carbons (Fsp3) is 0.195. The Morgan fingerprint density at radius 3 is 1.61 bits per heavy atom. The van der Waals surface area contributed by atoms with Crippen molar-refractivity contribution < 1.29 is 24.2 Å². The normalized spacial score (nSPS) is 11.0. The number of aliphatic hydroxyl groups is 1. The second-order valence-electron chi connectivity index (χ2n) is 11.9. The van der Waals surface area contributed by atoms with Crippen molar-refractivity contribution in [1.82, 2.24) is 45.5 Å². The summed E-state index contributed by atoms with van der Waals surface area (Å²) in [6.45, 7) is 6.05. The van der Waals surface area contributed by atoms with Gasteiger partial charge in [0.1, 0.15) is 33.9 Å². The number of ether oxygens (including phenoxy) is 2. The van der Waals surface area contributed by atoms with E-state index >= 15 is 0 Å². The molecule has 0 fully saturated rings. The van der Waals surface area contributed by atoms with Crippen LogP contribution in [0.2, 0.25) is 0 Å². The lowest BCUT2D eigenvalue weighted by atomic mass is 10.1. The highest BCUT2D eigenvalue weighted by atomic mass is 16.5. The van der Waals surface area contributed by atoms with E-state index in [1.807, 2.05) is 50.2 Å². The summed E-state index contributed by atoms with van der Waals surface area (Å²) in [6.07, 6.45) is 1.04. The van der Waals surface area contributed by atoms with Crippen LogP contribution in [0.1, 0.15) is 64.9 Å².